The zero-order valence-corrected chi connectivity index (χ0v) is 6.93. The number of aromatic nitrogens is 1. The molecule has 4 nitrogen and oxygen atoms in total. The van der Waals surface area contributed by atoms with E-state index in [1.807, 2.05) is 6.07 Å². The molecule has 1 aliphatic rings. The predicted molar refractivity (Wildman–Crippen MR) is 44.2 cm³/mol. The van der Waals surface area contributed by atoms with Gasteiger partial charge in [0.2, 0.25) is 5.88 Å². The first-order valence-electron chi connectivity index (χ1n) is 3.99. The van der Waals surface area contributed by atoms with E-state index >= 15 is 0 Å². The molecular formula is C9H8N2O2. The number of ether oxygens (including phenoxy) is 2. The Bertz CT molecular complexity index is 342. The number of epoxide rings is 1. The Morgan fingerprint density at radius 1 is 1.77 bits per heavy atom. The molecule has 0 spiro atoms. The Morgan fingerprint density at radius 2 is 2.62 bits per heavy atom. The lowest BCUT2D eigenvalue weighted by Crippen LogP contribution is -2.06. The Morgan fingerprint density at radius 3 is 3.31 bits per heavy atom. The van der Waals surface area contributed by atoms with Crippen molar-refractivity contribution in [2.75, 3.05) is 13.2 Å². The Hall–Kier alpha value is -1.60. The van der Waals surface area contributed by atoms with Crippen LogP contribution in [0.2, 0.25) is 0 Å². The van der Waals surface area contributed by atoms with Crippen molar-refractivity contribution in [3.8, 4) is 11.9 Å². The molecule has 2 rings (SSSR count). The molecule has 1 aromatic heterocycles. The third kappa shape index (κ3) is 1.95. The van der Waals surface area contributed by atoms with Gasteiger partial charge in [0.1, 0.15) is 24.3 Å². The fraction of sp³-hybridized carbons (Fsp3) is 0.333. The van der Waals surface area contributed by atoms with E-state index in [0.29, 0.717) is 18.1 Å². The molecule has 1 unspecified atom stereocenters. The van der Waals surface area contributed by atoms with Crippen LogP contribution in [0.5, 0.6) is 5.88 Å². The molecule has 1 aliphatic heterocycles. The molecule has 1 fully saturated rings. The first-order valence-corrected chi connectivity index (χ1v) is 3.99. The number of hydrogen-bond donors (Lipinski definition) is 0. The molecule has 1 saturated heterocycles. The van der Waals surface area contributed by atoms with Gasteiger partial charge in [-0.05, 0) is 12.1 Å². The number of pyridine rings is 1. The van der Waals surface area contributed by atoms with Crippen LogP contribution in [-0.4, -0.2) is 24.3 Å². The van der Waals surface area contributed by atoms with Crippen LogP contribution in [-0.2, 0) is 4.74 Å². The maximum atomic E-state index is 8.70. The van der Waals surface area contributed by atoms with Crippen molar-refractivity contribution in [3.63, 3.8) is 0 Å². The molecule has 4 heteroatoms. The lowest BCUT2D eigenvalue weighted by molar-refractivity contribution is 0.254. The number of nitriles is 1. The molecule has 0 radical (unpaired) electrons. The topological polar surface area (TPSA) is 58.4 Å². The molecule has 1 atom stereocenters. The van der Waals surface area contributed by atoms with E-state index in [9.17, 15) is 0 Å². The van der Waals surface area contributed by atoms with E-state index in [1.165, 1.54) is 0 Å². The average molecular weight is 176 g/mol. The van der Waals surface area contributed by atoms with Crippen molar-refractivity contribution >= 4 is 0 Å². The Balaban J connectivity index is 2.05. The zero-order valence-electron chi connectivity index (χ0n) is 6.93. The largest absolute Gasteiger partial charge is 0.474 e. The molecule has 0 saturated carbocycles. The average Bonchev–Trinajstić information content (AvgIpc) is 2.99. The monoisotopic (exact) mass is 176 g/mol. The van der Waals surface area contributed by atoms with E-state index < -0.39 is 0 Å². The number of rotatable bonds is 3. The standard InChI is InChI=1S/C9H8N2O2/c10-4-7-2-1-3-11-9(7)13-6-8-5-12-8/h1-3,8H,5-6H2. The fourth-order valence-electron chi connectivity index (χ4n) is 0.927. The molecule has 0 aliphatic carbocycles. The van der Waals surface area contributed by atoms with E-state index in [2.05, 4.69) is 4.98 Å². The van der Waals surface area contributed by atoms with Gasteiger partial charge in [0.15, 0.2) is 0 Å². The lowest BCUT2D eigenvalue weighted by atomic mass is 10.3. The van der Waals surface area contributed by atoms with Gasteiger partial charge in [-0.15, -0.1) is 0 Å². The first kappa shape index (κ1) is 8.02. The summed E-state index contributed by atoms with van der Waals surface area (Å²) in [6, 6.07) is 5.40. The van der Waals surface area contributed by atoms with Crippen LogP contribution in [0.3, 0.4) is 0 Å². The van der Waals surface area contributed by atoms with Gasteiger partial charge in [0, 0.05) is 6.20 Å². The SMILES string of the molecule is N#Cc1cccnc1OCC1CO1. The smallest absolute Gasteiger partial charge is 0.231 e. The second kappa shape index (κ2) is 3.42. The van der Waals surface area contributed by atoms with Crippen molar-refractivity contribution in [1.29, 1.82) is 5.26 Å². The molecule has 0 amide bonds. The molecular weight excluding hydrogens is 168 g/mol. The molecule has 1 aromatic rings. The summed E-state index contributed by atoms with van der Waals surface area (Å²) >= 11 is 0. The maximum Gasteiger partial charge on any atom is 0.231 e. The van der Waals surface area contributed by atoms with Crippen molar-refractivity contribution in [2.24, 2.45) is 0 Å². The summed E-state index contributed by atoms with van der Waals surface area (Å²) in [5, 5.41) is 8.70. The van der Waals surface area contributed by atoms with Crippen LogP contribution >= 0.6 is 0 Å². The highest BCUT2D eigenvalue weighted by atomic mass is 16.6. The summed E-state index contributed by atoms with van der Waals surface area (Å²) in [7, 11) is 0. The summed E-state index contributed by atoms with van der Waals surface area (Å²) in [6.07, 6.45) is 1.79. The van der Waals surface area contributed by atoms with E-state index in [0.717, 1.165) is 6.61 Å². The third-order valence-electron chi connectivity index (χ3n) is 1.70. The predicted octanol–water partition coefficient (Wildman–Crippen LogP) is 0.731. The van der Waals surface area contributed by atoms with Crippen molar-refractivity contribution in [3.05, 3.63) is 23.9 Å². The van der Waals surface area contributed by atoms with Gasteiger partial charge < -0.3 is 9.47 Å². The second-order valence-electron chi connectivity index (χ2n) is 2.73. The van der Waals surface area contributed by atoms with Gasteiger partial charge in [-0.3, -0.25) is 0 Å². The highest BCUT2D eigenvalue weighted by Gasteiger charge is 2.23. The van der Waals surface area contributed by atoms with Crippen LogP contribution in [0, 0.1) is 11.3 Å². The highest BCUT2D eigenvalue weighted by Crippen LogP contribution is 2.15. The summed E-state index contributed by atoms with van der Waals surface area (Å²) in [4.78, 5) is 3.95. The first-order chi connectivity index (χ1) is 6.40. The fourth-order valence-corrected chi connectivity index (χ4v) is 0.927. The van der Waals surface area contributed by atoms with Gasteiger partial charge in [0.25, 0.3) is 0 Å². The minimum Gasteiger partial charge on any atom is -0.474 e. The quantitative estimate of drug-likeness (QED) is 0.637. The van der Waals surface area contributed by atoms with Gasteiger partial charge in [-0.2, -0.15) is 5.26 Å². The number of nitrogens with zero attached hydrogens (tertiary/aromatic N) is 2. The third-order valence-corrected chi connectivity index (χ3v) is 1.70. The summed E-state index contributed by atoms with van der Waals surface area (Å²) in [6.45, 7) is 1.22. The summed E-state index contributed by atoms with van der Waals surface area (Å²) in [5.41, 5.74) is 0.461. The van der Waals surface area contributed by atoms with Crippen molar-refractivity contribution in [1.82, 2.24) is 4.98 Å². The Kier molecular flexibility index (Phi) is 2.11. The lowest BCUT2D eigenvalue weighted by Gasteiger charge is -2.03. The molecule has 0 aromatic carbocycles. The van der Waals surface area contributed by atoms with Crippen LogP contribution in [0.15, 0.2) is 18.3 Å². The van der Waals surface area contributed by atoms with Crippen molar-refractivity contribution < 1.29 is 9.47 Å². The molecule has 2 heterocycles. The van der Waals surface area contributed by atoms with Gasteiger partial charge in [-0.25, -0.2) is 4.98 Å². The zero-order chi connectivity index (χ0) is 9.10. The van der Waals surface area contributed by atoms with Gasteiger partial charge >= 0.3 is 0 Å². The normalized spacial score (nSPS) is 19.2. The molecule has 0 N–H and O–H groups in total. The summed E-state index contributed by atoms with van der Waals surface area (Å²) < 4.78 is 10.3. The van der Waals surface area contributed by atoms with Crippen LogP contribution in [0.25, 0.3) is 0 Å². The maximum absolute atomic E-state index is 8.70. The van der Waals surface area contributed by atoms with E-state index in [1.54, 1.807) is 18.3 Å². The van der Waals surface area contributed by atoms with Gasteiger partial charge in [-0.1, -0.05) is 0 Å². The van der Waals surface area contributed by atoms with Crippen LogP contribution < -0.4 is 4.74 Å². The molecule has 66 valence electrons. The van der Waals surface area contributed by atoms with Gasteiger partial charge in [0.05, 0.1) is 6.61 Å². The molecule has 0 bridgehead atoms. The Labute approximate surface area is 75.7 Å². The molecule has 13 heavy (non-hydrogen) atoms. The van der Waals surface area contributed by atoms with Crippen LogP contribution in [0.1, 0.15) is 5.56 Å². The van der Waals surface area contributed by atoms with Crippen molar-refractivity contribution in [2.45, 2.75) is 6.10 Å². The van der Waals surface area contributed by atoms with Crippen LogP contribution in [0.4, 0.5) is 0 Å². The van der Waals surface area contributed by atoms with E-state index in [4.69, 9.17) is 14.7 Å². The number of hydrogen-bond acceptors (Lipinski definition) is 4. The minimum absolute atomic E-state index is 0.188. The second-order valence-corrected chi connectivity index (χ2v) is 2.73. The van der Waals surface area contributed by atoms with E-state index in [-0.39, 0.29) is 6.10 Å². The minimum atomic E-state index is 0.188. The summed E-state index contributed by atoms with van der Waals surface area (Å²) in [5.74, 6) is 0.389. The highest BCUT2D eigenvalue weighted by molar-refractivity contribution is 5.36.